The van der Waals surface area contributed by atoms with Gasteiger partial charge in [-0.3, -0.25) is 0 Å². The maximum Gasteiger partial charge on any atom is 0.121 e. The zero-order valence-corrected chi connectivity index (χ0v) is 13.9. The van der Waals surface area contributed by atoms with Gasteiger partial charge in [0.05, 0.1) is 6.61 Å². The lowest BCUT2D eigenvalue weighted by Crippen LogP contribution is -2.52. The molecule has 1 heterocycles. The molecule has 0 aromatic heterocycles. The monoisotopic (exact) mass is 361 g/mol. The van der Waals surface area contributed by atoms with Crippen LogP contribution in [-0.4, -0.2) is 30.9 Å². The lowest BCUT2D eigenvalue weighted by molar-refractivity contribution is -0.124. The molecule has 0 radical (unpaired) electrons. The summed E-state index contributed by atoms with van der Waals surface area (Å²) in [6.07, 6.45) is 0.237. The topological polar surface area (TPSA) is 41.5 Å². The maximum atomic E-state index is 11.5. The van der Waals surface area contributed by atoms with Gasteiger partial charge in [-0.1, -0.05) is 64.5 Å². The summed E-state index contributed by atoms with van der Waals surface area (Å²) in [5.74, 6) is 0. The van der Waals surface area contributed by atoms with Crippen molar-refractivity contribution >= 4 is 15.9 Å². The van der Waals surface area contributed by atoms with Gasteiger partial charge in [-0.05, 0) is 17.2 Å². The average Bonchev–Trinajstić information content (AvgIpc) is 2.58. The predicted octanol–water partition coefficient (Wildman–Crippen LogP) is 2.87. The molecule has 2 aromatic rings. The second-order valence-electron chi connectivity index (χ2n) is 5.62. The third kappa shape index (κ3) is 3.25. The van der Waals surface area contributed by atoms with Gasteiger partial charge in [0.25, 0.3) is 0 Å². The second-order valence-corrected chi connectivity index (χ2v) is 6.48. The number of ether oxygens (including phenoxy) is 1. The van der Waals surface area contributed by atoms with Crippen LogP contribution in [0, 0.1) is 0 Å². The Morgan fingerprint density at radius 2 is 1.86 bits per heavy atom. The van der Waals surface area contributed by atoms with Gasteiger partial charge in [0.15, 0.2) is 0 Å². The van der Waals surface area contributed by atoms with Gasteiger partial charge < -0.3 is 15.2 Å². The highest BCUT2D eigenvalue weighted by Gasteiger charge is 2.40. The van der Waals surface area contributed by atoms with E-state index in [-0.39, 0.29) is 6.10 Å². The highest BCUT2D eigenvalue weighted by Crippen LogP contribution is 2.33. The van der Waals surface area contributed by atoms with E-state index in [4.69, 9.17) is 4.74 Å². The van der Waals surface area contributed by atoms with Crippen LogP contribution < -0.4 is 5.32 Å². The lowest BCUT2D eigenvalue weighted by atomic mass is 9.82. The molecule has 1 aliphatic rings. The molecular weight excluding hydrogens is 342 g/mol. The van der Waals surface area contributed by atoms with Crippen molar-refractivity contribution in [1.82, 2.24) is 5.32 Å². The number of nitrogens with one attached hydrogen (secondary N) is 1. The molecule has 3 rings (SSSR count). The van der Waals surface area contributed by atoms with Gasteiger partial charge in [0, 0.05) is 24.0 Å². The van der Waals surface area contributed by atoms with Crippen LogP contribution in [-0.2, 0) is 16.8 Å². The van der Waals surface area contributed by atoms with E-state index in [0.29, 0.717) is 19.6 Å². The van der Waals surface area contributed by atoms with Crippen molar-refractivity contribution < 1.29 is 9.84 Å². The Balaban J connectivity index is 1.97. The normalized spacial score (nSPS) is 21.3. The van der Waals surface area contributed by atoms with Crippen LogP contribution >= 0.6 is 15.9 Å². The van der Waals surface area contributed by atoms with E-state index in [1.807, 2.05) is 54.6 Å². The van der Waals surface area contributed by atoms with E-state index in [0.717, 1.165) is 22.1 Å². The molecule has 0 saturated carbocycles. The third-order valence-corrected chi connectivity index (χ3v) is 4.93. The molecule has 1 aliphatic heterocycles. The van der Waals surface area contributed by atoms with Crippen LogP contribution in [0.25, 0.3) is 0 Å². The molecule has 1 saturated heterocycles. The zero-order valence-electron chi connectivity index (χ0n) is 12.3. The molecule has 4 heteroatoms. The molecule has 1 unspecified atom stereocenters. The van der Waals surface area contributed by atoms with Crippen LogP contribution in [0.5, 0.6) is 0 Å². The SMILES string of the molecule is OC(Cc1ccccc1Br)(c1ccccc1)[C@@H]1CNCCO1. The van der Waals surface area contributed by atoms with Gasteiger partial charge in [-0.2, -0.15) is 0 Å². The molecule has 2 aromatic carbocycles. The average molecular weight is 362 g/mol. The highest BCUT2D eigenvalue weighted by atomic mass is 79.9. The number of hydrogen-bond donors (Lipinski definition) is 2. The Morgan fingerprint density at radius 3 is 2.55 bits per heavy atom. The summed E-state index contributed by atoms with van der Waals surface area (Å²) < 4.78 is 6.89. The summed E-state index contributed by atoms with van der Waals surface area (Å²) in [4.78, 5) is 0. The Labute approximate surface area is 139 Å². The number of hydrogen-bond acceptors (Lipinski definition) is 3. The first-order chi connectivity index (χ1) is 10.7. The molecule has 116 valence electrons. The van der Waals surface area contributed by atoms with Crippen molar-refractivity contribution in [2.45, 2.75) is 18.1 Å². The smallest absolute Gasteiger partial charge is 0.121 e. The van der Waals surface area contributed by atoms with Gasteiger partial charge >= 0.3 is 0 Å². The zero-order chi connectivity index (χ0) is 15.4. The van der Waals surface area contributed by atoms with E-state index >= 15 is 0 Å². The van der Waals surface area contributed by atoms with Crippen LogP contribution in [0.3, 0.4) is 0 Å². The molecule has 0 amide bonds. The first-order valence-electron chi connectivity index (χ1n) is 7.54. The van der Waals surface area contributed by atoms with Crippen molar-refractivity contribution in [3.63, 3.8) is 0 Å². The third-order valence-electron chi connectivity index (χ3n) is 4.15. The molecule has 2 N–H and O–H groups in total. The number of benzene rings is 2. The van der Waals surface area contributed by atoms with Crippen molar-refractivity contribution in [2.24, 2.45) is 0 Å². The van der Waals surface area contributed by atoms with Crippen molar-refractivity contribution in [3.05, 3.63) is 70.2 Å². The highest BCUT2D eigenvalue weighted by molar-refractivity contribution is 9.10. The minimum atomic E-state index is -1.06. The first kappa shape index (κ1) is 15.7. The quantitative estimate of drug-likeness (QED) is 0.879. The molecule has 3 nitrogen and oxygen atoms in total. The van der Waals surface area contributed by atoms with Gasteiger partial charge in [-0.15, -0.1) is 0 Å². The van der Waals surface area contributed by atoms with E-state index < -0.39 is 5.60 Å². The van der Waals surface area contributed by atoms with E-state index in [1.54, 1.807) is 0 Å². The Morgan fingerprint density at radius 1 is 1.14 bits per heavy atom. The molecular formula is C18H20BrNO2. The summed E-state index contributed by atoms with van der Waals surface area (Å²) in [6, 6.07) is 17.8. The van der Waals surface area contributed by atoms with Crippen LogP contribution in [0.2, 0.25) is 0 Å². The summed E-state index contributed by atoms with van der Waals surface area (Å²) in [5.41, 5.74) is 0.904. The standard InChI is InChI=1S/C18H20BrNO2/c19-16-9-5-4-6-14(16)12-18(21,15-7-2-1-3-8-15)17-13-20-10-11-22-17/h1-9,17,20-21H,10-13H2/t17-,18?/m0/s1. The number of morpholine rings is 1. The molecule has 1 fully saturated rings. The van der Waals surface area contributed by atoms with Gasteiger partial charge in [0.1, 0.15) is 11.7 Å². The fraction of sp³-hybridized carbons (Fsp3) is 0.333. The largest absolute Gasteiger partial charge is 0.382 e. The van der Waals surface area contributed by atoms with E-state index in [9.17, 15) is 5.11 Å². The van der Waals surface area contributed by atoms with Crippen molar-refractivity contribution in [1.29, 1.82) is 0 Å². The molecule has 2 atom stereocenters. The van der Waals surface area contributed by atoms with Crippen LogP contribution in [0.4, 0.5) is 0 Å². The van der Waals surface area contributed by atoms with Gasteiger partial charge in [-0.25, -0.2) is 0 Å². The minimum absolute atomic E-state index is 0.268. The van der Waals surface area contributed by atoms with Crippen molar-refractivity contribution in [3.8, 4) is 0 Å². The number of rotatable bonds is 4. The molecule has 0 bridgehead atoms. The Hall–Kier alpha value is -1.20. The summed E-state index contributed by atoms with van der Waals surface area (Å²) >= 11 is 3.58. The van der Waals surface area contributed by atoms with E-state index in [2.05, 4.69) is 21.2 Å². The van der Waals surface area contributed by atoms with Gasteiger partial charge in [0.2, 0.25) is 0 Å². The lowest BCUT2D eigenvalue weighted by Gasteiger charge is -2.39. The summed E-state index contributed by atoms with van der Waals surface area (Å²) in [5, 5.41) is 14.8. The maximum absolute atomic E-state index is 11.5. The fourth-order valence-electron chi connectivity index (χ4n) is 2.93. The molecule has 0 spiro atoms. The number of halogens is 1. The number of aliphatic hydroxyl groups is 1. The predicted molar refractivity (Wildman–Crippen MR) is 90.8 cm³/mol. The minimum Gasteiger partial charge on any atom is -0.382 e. The summed E-state index contributed by atoms with van der Waals surface area (Å²) in [7, 11) is 0. The Bertz CT molecular complexity index is 613. The molecule has 0 aliphatic carbocycles. The Kier molecular flexibility index (Phi) is 4.93. The van der Waals surface area contributed by atoms with Crippen LogP contribution in [0.15, 0.2) is 59.1 Å². The molecule has 22 heavy (non-hydrogen) atoms. The van der Waals surface area contributed by atoms with Crippen molar-refractivity contribution in [2.75, 3.05) is 19.7 Å². The van der Waals surface area contributed by atoms with Crippen LogP contribution in [0.1, 0.15) is 11.1 Å². The first-order valence-corrected chi connectivity index (χ1v) is 8.33. The fourth-order valence-corrected chi connectivity index (χ4v) is 3.36. The van der Waals surface area contributed by atoms with E-state index in [1.165, 1.54) is 0 Å². The second kappa shape index (κ2) is 6.92. The summed E-state index contributed by atoms with van der Waals surface area (Å²) in [6.45, 7) is 2.10.